The Bertz CT molecular complexity index is 2260. The molecular formula is C36H29FN8O. The Hall–Kier alpha value is -5.77. The third kappa shape index (κ3) is 4.36. The van der Waals surface area contributed by atoms with Gasteiger partial charge in [-0.05, 0) is 93.6 Å². The van der Waals surface area contributed by atoms with Gasteiger partial charge in [0, 0.05) is 46.2 Å². The maximum Gasteiger partial charge on any atom is 0.178 e. The third-order valence-corrected chi connectivity index (χ3v) is 8.89. The zero-order chi connectivity index (χ0) is 31.7. The monoisotopic (exact) mass is 608 g/mol. The molecule has 1 fully saturated rings. The number of aromatic nitrogens is 5. The first-order valence-corrected chi connectivity index (χ1v) is 14.9. The Kier molecular flexibility index (Phi) is 5.95. The molecule has 8 bridgehead atoms. The van der Waals surface area contributed by atoms with E-state index in [2.05, 4.69) is 20.3 Å². The van der Waals surface area contributed by atoms with E-state index in [1.165, 1.54) is 12.4 Å². The standard InChI is InChI=1S/C36H29FN8O/c1-22-4-5-23(18-39-22)36-16-28-9-8-25(42-28)14-24-6-7-26(41-24)15-27-10-12-35(43-27,17-31(44-36)34(2,3)33(36)46)32-20-45(21-40-32)30-11-13-38-19-29(30)37/h4-21,41,44H,1-3H3. The quantitative estimate of drug-likeness (QED) is 0.368. The van der Waals surface area contributed by atoms with Crippen LogP contribution in [0.15, 0.2) is 119 Å². The van der Waals surface area contributed by atoms with Crippen molar-refractivity contribution in [1.29, 1.82) is 0 Å². The summed E-state index contributed by atoms with van der Waals surface area (Å²) in [6, 6.07) is 9.39. The van der Waals surface area contributed by atoms with Gasteiger partial charge >= 0.3 is 0 Å². The van der Waals surface area contributed by atoms with E-state index >= 15 is 0 Å². The van der Waals surface area contributed by atoms with Crippen LogP contribution in [0.5, 0.6) is 0 Å². The van der Waals surface area contributed by atoms with Crippen molar-refractivity contribution in [3.8, 4) is 5.69 Å². The lowest BCUT2D eigenvalue weighted by atomic mass is 9.76. The Labute approximate surface area is 263 Å². The molecule has 0 spiro atoms. The summed E-state index contributed by atoms with van der Waals surface area (Å²) < 4.78 is 16.3. The molecule has 0 radical (unpaired) electrons. The molecule has 9 nitrogen and oxygen atoms in total. The van der Waals surface area contributed by atoms with Gasteiger partial charge in [-0.1, -0.05) is 6.07 Å². The van der Waals surface area contributed by atoms with Crippen molar-refractivity contribution in [2.45, 2.75) is 31.8 Å². The fourth-order valence-corrected chi connectivity index (χ4v) is 6.38. The number of H-pyrrole nitrogens is 1. The Morgan fingerprint density at radius 3 is 2.52 bits per heavy atom. The van der Waals surface area contributed by atoms with Crippen LogP contribution < -0.4 is 16.0 Å². The molecule has 4 aromatic heterocycles. The Balaban J connectivity index is 1.38. The lowest BCUT2D eigenvalue weighted by Crippen LogP contribution is -2.42. The number of nitrogens with zero attached hydrogens (tertiary/aromatic N) is 6. The first-order chi connectivity index (χ1) is 22.1. The number of carbonyl (C=O) groups excluding carboxylic acids is 1. The van der Waals surface area contributed by atoms with E-state index in [4.69, 9.17) is 15.0 Å². The number of carbonyl (C=O) groups is 1. The molecule has 2 N–H and O–H groups in total. The van der Waals surface area contributed by atoms with E-state index < -0.39 is 22.3 Å². The average molecular weight is 609 g/mol. The van der Waals surface area contributed by atoms with Gasteiger partial charge in [0.15, 0.2) is 11.6 Å². The van der Waals surface area contributed by atoms with Gasteiger partial charge in [0.05, 0.1) is 46.4 Å². The lowest BCUT2D eigenvalue weighted by Gasteiger charge is -2.26. The third-order valence-electron chi connectivity index (χ3n) is 8.89. The topological polar surface area (TPSA) is 113 Å². The molecule has 4 aromatic rings. The van der Waals surface area contributed by atoms with Gasteiger partial charge in [0.2, 0.25) is 0 Å². The van der Waals surface area contributed by atoms with Crippen molar-refractivity contribution in [1.82, 2.24) is 29.8 Å². The van der Waals surface area contributed by atoms with E-state index in [9.17, 15) is 9.18 Å². The predicted molar refractivity (Wildman–Crippen MR) is 174 cm³/mol. The number of aromatic amines is 1. The molecule has 8 rings (SSSR count). The fourth-order valence-electron chi connectivity index (χ4n) is 6.38. The van der Waals surface area contributed by atoms with Gasteiger partial charge in [-0.25, -0.2) is 14.4 Å². The summed E-state index contributed by atoms with van der Waals surface area (Å²) in [6.45, 7) is 5.73. The number of aliphatic imine (C=N–C) groups is 2. The molecule has 0 aromatic carbocycles. The van der Waals surface area contributed by atoms with Gasteiger partial charge in [-0.3, -0.25) is 19.8 Å². The maximum atomic E-state index is 14.7. The molecule has 4 aliphatic rings. The number of ketones is 1. The van der Waals surface area contributed by atoms with Gasteiger partial charge in [-0.2, -0.15) is 0 Å². The molecule has 4 aliphatic heterocycles. The highest BCUT2D eigenvalue weighted by Crippen LogP contribution is 2.47. The van der Waals surface area contributed by atoms with E-state index in [1.54, 1.807) is 29.4 Å². The Morgan fingerprint density at radius 1 is 0.913 bits per heavy atom. The van der Waals surface area contributed by atoms with E-state index in [0.717, 1.165) is 22.1 Å². The maximum absolute atomic E-state index is 14.7. The number of pyridine rings is 2. The first kappa shape index (κ1) is 27.8. The summed E-state index contributed by atoms with van der Waals surface area (Å²) in [5, 5.41) is 5.38. The molecular weight excluding hydrogens is 579 g/mol. The molecule has 46 heavy (non-hydrogen) atoms. The summed E-state index contributed by atoms with van der Waals surface area (Å²) in [5.74, 6) is -0.528. The lowest BCUT2D eigenvalue weighted by molar-refractivity contribution is -0.127. The molecule has 226 valence electrons. The molecule has 2 unspecified atom stereocenters. The number of Topliss-reactive ketones (excluding diaryl/α,β-unsaturated/α-hetero) is 1. The smallest absolute Gasteiger partial charge is 0.178 e. The highest BCUT2D eigenvalue weighted by Gasteiger charge is 2.56. The highest BCUT2D eigenvalue weighted by atomic mass is 19.1. The van der Waals surface area contributed by atoms with Crippen LogP contribution in [0.4, 0.5) is 4.39 Å². The van der Waals surface area contributed by atoms with E-state index in [0.29, 0.717) is 34.1 Å². The van der Waals surface area contributed by atoms with Gasteiger partial charge in [0.1, 0.15) is 11.1 Å². The first-order valence-electron chi connectivity index (χ1n) is 14.9. The minimum absolute atomic E-state index is 0.0550. The largest absolute Gasteiger partial charge is 0.369 e. The van der Waals surface area contributed by atoms with Crippen LogP contribution in [0.1, 0.15) is 30.8 Å². The van der Waals surface area contributed by atoms with Gasteiger partial charge < -0.3 is 14.9 Å². The van der Waals surface area contributed by atoms with Gasteiger partial charge in [-0.15, -0.1) is 0 Å². The zero-order valence-electron chi connectivity index (χ0n) is 25.4. The summed E-state index contributed by atoms with van der Waals surface area (Å²) in [4.78, 5) is 41.3. The number of hydrogen-bond donors (Lipinski definition) is 2. The van der Waals surface area contributed by atoms with Crippen LogP contribution >= 0.6 is 0 Å². The summed E-state index contributed by atoms with van der Waals surface area (Å²) >= 11 is 0. The fraction of sp³-hybridized carbons (Fsp3) is 0.167. The minimum Gasteiger partial charge on any atom is -0.369 e. The number of imidazole rings is 1. The van der Waals surface area contributed by atoms with Crippen molar-refractivity contribution in [3.63, 3.8) is 0 Å². The second-order valence-corrected chi connectivity index (χ2v) is 12.4. The molecule has 0 aliphatic carbocycles. The van der Waals surface area contributed by atoms with Gasteiger partial charge in [0.25, 0.3) is 0 Å². The Morgan fingerprint density at radius 2 is 1.74 bits per heavy atom. The number of fused-ring (bicyclic) bond motifs is 6. The van der Waals surface area contributed by atoms with Crippen LogP contribution in [0.25, 0.3) is 17.8 Å². The number of halogens is 1. The van der Waals surface area contributed by atoms with Crippen LogP contribution in [-0.4, -0.2) is 41.7 Å². The second-order valence-electron chi connectivity index (χ2n) is 12.4. The molecule has 2 atom stereocenters. The average Bonchev–Trinajstić information content (AvgIpc) is 3.87. The van der Waals surface area contributed by atoms with Crippen LogP contribution in [0, 0.1) is 18.2 Å². The van der Waals surface area contributed by atoms with Crippen LogP contribution in [0.3, 0.4) is 0 Å². The highest BCUT2D eigenvalue weighted by molar-refractivity contribution is 6.20. The van der Waals surface area contributed by atoms with Crippen molar-refractivity contribution in [3.05, 3.63) is 143 Å². The molecule has 0 amide bonds. The number of aryl methyl sites for hydroxylation is 1. The number of nitrogens with one attached hydrogen (secondary N) is 2. The molecule has 10 heteroatoms. The van der Waals surface area contributed by atoms with E-state index in [1.807, 2.05) is 93.6 Å². The number of rotatable bonds is 3. The summed E-state index contributed by atoms with van der Waals surface area (Å²) in [6.07, 6.45) is 23.3. The summed E-state index contributed by atoms with van der Waals surface area (Å²) in [5.41, 5.74) is 1.89. The van der Waals surface area contributed by atoms with Crippen molar-refractivity contribution >= 4 is 29.4 Å². The predicted octanol–water partition coefficient (Wildman–Crippen LogP) is 3.79. The molecule has 8 heterocycles. The van der Waals surface area contributed by atoms with Crippen LogP contribution in [0.2, 0.25) is 0 Å². The van der Waals surface area contributed by atoms with Crippen LogP contribution in [-0.2, 0) is 15.9 Å². The normalized spacial score (nSPS) is 24.0. The van der Waals surface area contributed by atoms with Crippen molar-refractivity contribution in [2.24, 2.45) is 15.4 Å². The summed E-state index contributed by atoms with van der Waals surface area (Å²) in [7, 11) is 0. The second kappa shape index (κ2) is 9.87. The number of allylic oxidation sites excluding steroid dienone is 4. The molecule has 0 saturated carbocycles. The van der Waals surface area contributed by atoms with E-state index in [-0.39, 0.29) is 5.78 Å². The SMILES string of the molecule is Cc1ccc(C23C=C4C=CC(=N4)C=c4ccc([nH]4)=CC4=NC(c5cn(-c6ccncc6F)cn5)(C=C4)C=C(N2)C(C)(C)C3=O)cn1. The van der Waals surface area contributed by atoms with Crippen molar-refractivity contribution in [2.75, 3.05) is 0 Å². The minimum atomic E-state index is -1.26. The van der Waals surface area contributed by atoms with Crippen molar-refractivity contribution < 1.29 is 9.18 Å². The number of hydrogen-bond acceptors (Lipinski definition) is 7. The molecule has 1 saturated heterocycles. The zero-order valence-corrected chi connectivity index (χ0v) is 25.4.